The predicted molar refractivity (Wildman–Crippen MR) is 103 cm³/mol. The standard InChI is InChI=1S/C21H23F3N2O3/c1-25-10-11-26-18-5-3-4-17(21(22,23)24)16(18)12-15(19(27)20(26)28)13-6-8-14(29-2)9-7-13/h3-9,15,19,25,27H,10-12H2,1-2H3/t15-,19+/m0/s1. The summed E-state index contributed by atoms with van der Waals surface area (Å²) in [5.41, 5.74) is -0.00753. The van der Waals surface area contributed by atoms with Gasteiger partial charge in [-0.05, 0) is 48.9 Å². The molecule has 0 aromatic heterocycles. The van der Waals surface area contributed by atoms with Crippen LogP contribution in [0.1, 0.15) is 22.6 Å². The molecule has 0 bridgehead atoms. The summed E-state index contributed by atoms with van der Waals surface area (Å²) in [6.45, 7) is 0.525. The largest absolute Gasteiger partial charge is 0.497 e. The van der Waals surface area contributed by atoms with Crippen molar-refractivity contribution in [2.24, 2.45) is 0 Å². The minimum Gasteiger partial charge on any atom is -0.497 e. The molecule has 0 fully saturated rings. The monoisotopic (exact) mass is 408 g/mol. The van der Waals surface area contributed by atoms with Crippen molar-refractivity contribution in [3.63, 3.8) is 0 Å². The van der Waals surface area contributed by atoms with Crippen LogP contribution in [-0.4, -0.2) is 44.4 Å². The molecule has 0 radical (unpaired) electrons. The third kappa shape index (κ3) is 4.23. The van der Waals surface area contributed by atoms with Gasteiger partial charge in [-0.3, -0.25) is 4.79 Å². The lowest BCUT2D eigenvalue weighted by Gasteiger charge is -2.26. The van der Waals surface area contributed by atoms with Gasteiger partial charge in [0.1, 0.15) is 11.9 Å². The highest BCUT2D eigenvalue weighted by Crippen LogP contribution is 2.42. The lowest BCUT2D eigenvalue weighted by molar-refractivity contribution is -0.138. The van der Waals surface area contributed by atoms with Crippen LogP contribution in [0, 0.1) is 0 Å². The van der Waals surface area contributed by atoms with Crippen molar-refractivity contribution in [2.75, 3.05) is 32.1 Å². The zero-order valence-corrected chi connectivity index (χ0v) is 16.2. The summed E-state index contributed by atoms with van der Waals surface area (Å²) < 4.78 is 46.3. The van der Waals surface area contributed by atoms with E-state index >= 15 is 0 Å². The number of alkyl halides is 3. The van der Waals surface area contributed by atoms with E-state index < -0.39 is 29.7 Å². The van der Waals surface area contributed by atoms with E-state index in [2.05, 4.69) is 5.32 Å². The third-order valence-corrected chi connectivity index (χ3v) is 5.20. The van der Waals surface area contributed by atoms with E-state index in [0.29, 0.717) is 17.9 Å². The highest BCUT2D eigenvalue weighted by molar-refractivity contribution is 5.99. The van der Waals surface area contributed by atoms with E-state index in [1.54, 1.807) is 31.3 Å². The molecule has 2 aromatic carbocycles. The van der Waals surface area contributed by atoms with E-state index in [1.165, 1.54) is 24.1 Å². The Hall–Kier alpha value is -2.58. The van der Waals surface area contributed by atoms with Crippen molar-refractivity contribution in [3.8, 4) is 5.75 Å². The number of fused-ring (bicyclic) bond motifs is 1. The van der Waals surface area contributed by atoms with Crippen LogP contribution in [0.25, 0.3) is 0 Å². The number of methoxy groups -OCH3 is 1. The Labute approximate surface area is 167 Å². The average Bonchev–Trinajstić information content (AvgIpc) is 2.81. The summed E-state index contributed by atoms with van der Waals surface area (Å²) in [7, 11) is 3.19. The first-order chi connectivity index (χ1) is 13.8. The quantitative estimate of drug-likeness (QED) is 0.799. The normalized spacial score (nSPS) is 19.7. The number of hydrogen-bond acceptors (Lipinski definition) is 4. The number of amides is 1. The number of likely N-dealkylation sites (N-methyl/N-ethyl adjacent to an activating group) is 1. The van der Waals surface area contributed by atoms with E-state index in [-0.39, 0.29) is 24.2 Å². The van der Waals surface area contributed by atoms with Crippen molar-refractivity contribution < 1.29 is 27.8 Å². The van der Waals surface area contributed by atoms with Crippen LogP contribution in [-0.2, 0) is 17.4 Å². The molecule has 0 saturated heterocycles. The number of anilines is 1. The molecule has 1 aliphatic rings. The van der Waals surface area contributed by atoms with Gasteiger partial charge in [0.05, 0.1) is 12.7 Å². The average molecular weight is 408 g/mol. The first-order valence-electron chi connectivity index (χ1n) is 9.25. The summed E-state index contributed by atoms with van der Waals surface area (Å²) in [4.78, 5) is 14.3. The zero-order chi connectivity index (χ0) is 21.2. The number of nitrogens with zero attached hydrogens (tertiary/aromatic N) is 1. The highest BCUT2D eigenvalue weighted by Gasteiger charge is 2.41. The molecule has 1 aliphatic heterocycles. The Morgan fingerprint density at radius 2 is 1.90 bits per heavy atom. The van der Waals surface area contributed by atoms with Gasteiger partial charge in [-0.15, -0.1) is 0 Å². The van der Waals surface area contributed by atoms with Crippen LogP contribution in [0.15, 0.2) is 42.5 Å². The summed E-state index contributed by atoms with van der Waals surface area (Å²) in [5.74, 6) is -0.843. The number of aliphatic hydroxyl groups is 1. The van der Waals surface area contributed by atoms with Crippen molar-refractivity contribution in [2.45, 2.75) is 24.6 Å². The van der Waals surface area contributed by atoms with Gasteiger partial charge >= 0.3 is 6.18 Å². The first kappa shape index (κ1) is 21.1. The number of rotatable bonds is 5. The third-order valence-electron chi connectivity index (χ3n) is 5.20. The number of hydrogen-bond donors (Lipinski definition) is 2. The Morgan fingerprint density at radius 1 is 1.21 bits per heavy atom. The van der Waals surface area contributed by atoms with E-state index in [9.17, 15) is 23.1 Å². The summed E-state index contributed by atoms with van der Waals surface area (Å²) in [5, 5.41) is 13.7. The van der Waals surface area contributed by atoms with Gasteiger partial charge in [0.2, 0.25) is 0 Å². The number of aliphatic hydroxyl groups excluding tert-OH is 1. The summed E-state index contributed by atoms with van der Waals surface area (Å²) >= 11 is 0. The minimum atomic E-state index is -4.57. The van der Waals surface area contributed by atoms with Crippen molar-refractivity contribution in [1.29, 1.82) is 0 Å². The number of halogens is 3. The maximum atomic E-state index is 13.7. The van der Waals surface area contributed by atoms with Gasteiger partial charge in [-0.1, -0.05) is 18.2 Å². The molecule has 0 unspecified atom stereocenters. The molecule has 1 amide bonds. The van der Waals surface area contributed by atoms with Crippen LogP contribution in [0.4, 0.5) is 18.9 Å². The van der Waals surface area contributed by atoms with Crippen LogP contribution in [0.3, 0.4) is 0 Å². The molecule has 8 heteroatoms. The molecular weight excluding hydrogens is 385 g/mol. The summed E-state index contributed by atoms with van der Waals surface area (Å²) in [6, 6.07) is 10.5. The fourth-order valence-electron chi connectivity index (χ4n) is 3.70. The van der Waals surface area contributed by atoms with Crippen LogP contribution in [0.5, 0.6) is 5.75 Å². The number of ether oxygens (including phenoxy) is 1. The van der Waals surface area contributed by atoms with Crippen LogP contribution >= 0.6 is 0 Å². The predicted octanol–water partition coefficient (Wildman–Crippen LogP) is 2.97. The second-order valence-electron chi connectivity index (χ2n) is 6.92. The maximum absolute atomic E-state index is 13.7. The van der Waals surface area contributed by atoms with E-state index in [1.807, 2.05) is 0 Å². The molecule has 2 aromatic rings. The van der Waals surface area contributed by atoms with E-state index in [0.717, 1.165) is 6.07 Å². The van der Waals surface area contributed by atoms with Crippen LogP contribution < -0.4 is 15.0 Å². The Kier molecular flexibility index (Phi) is 6.14. The maximum Gasteiger partial charge on any atom is 0.416 e. The SMILES string of the molecule is CNCCN1C(=O)[C@H](O)[C@H](c2ccc(OC)cc2)Cc2c1cccc2C(F)(F)F. The minimum absolute atomic E-state index is 0.0156. The molecule has 1 heterocycles. The number of nitrogens with one attached hydrogen (secondary N) is 1. The molecular formula is C21H23F3N2O3. The Morgan fingerprint density at radius 3 is 2.48 bits per heavy atom. The molecule has 3 rings (SSSR count). The molecule has 5 nitrogen and oxygen atoms in total. The second-order valence-corrected chi connectivity index (χ2v) is 6.92. The van der Waals surface area contributed by atoms with Gasteiger partial charge < -0.3 is 20.1 Å². The van der Waals surface area contributed by atoms with Crippen molar-refractivity contribution >= 4 is 11.6 Å². The highest BCUT2D eigenvalue weighted by atomic mass is 19.4. The van der Waals surface area contributed by atoms with Crippen molar-refractivity contribution in [3.05, 3.63) is 59.2 Å². The Bertz CT molecular complexity index is 868. The molecule has 156 valence electrons. The van der Waals surface area contributed by atoms with Gasteiger partial charge in [0.25, 0.3) is 5.91 Å². The molecule has 29 heavy (non-hydrogen) atoms. The fraction of sp³-hybridized carbons (Fsp3) is 0.381. The second kappa shape index (κ2) is 8.42. The molecule has 0 aliphatic carbocycles. The molecule has 2 N–H and O–H groups in total. The number of carbonyl (C=O) groups excluding carboxylic acids is 1. The smallest absolute Gasteiger partial charge is 0.416 e. The van der Waals surface area contributed by atoms with Gasteiger partial charge in [0, 0.05) is 24.7 Å². The summed E-state index contributed by atoms with van der Waals surface area (Å²) in [6.07, 6.45) is -6.14. The topological polar surface area (TPSA) is 61.8 Å². The number of carbonyl (C=O) groups is 1. The first-order valence-corrected chi connectivity index (χ1v) is 9.25. The number of benzene rings is 2. The van der Waals surface area contributed by atoms with Gasteiger partial charge in [0.15, 0.2) is 0 Å². The fourth-order valence-corrected chi connectivity index (χ4v) is 3.70. The molecule has 0 saturated carbocycles. The zero-order valence-electron chi connectivity index (χ0n) is 16.2. The lowest BCUT2D eigenvalue weighted by atomic mass is 9.86. The molecule has 2 atom stereocenters. The van der Waals surface area contributed by atoms with Gasteiger partial charge in [-0.2, -0.15) is 13.2 Å². The molecule has 0 spiro atoms. The Balaban J connectivity index is 2.14. The van der Waals surface area contributed by atoms with E-state index in [4.69, 9.17) is 4.74 Å². The van der Waals surface area contributed by atoms with Crippen LogP contribution in [0.2, 0.25) is 0 Å². The van der Waals surface area contributed by atoms with Crippen molar-refractivity contribution in [1.82, 2.24) is 5.32 Å². The van der Waals surface area contributed by atoms with Gasteiger partial charge in [-0.25, -0.2) is 0 Å². The lowest BCUT2D eigenvalue weighted by Crippen LogP contribution is -2.43.